The van der Waals surface area contributed by atoms with Gasteiger partial charge in [-0.05, 0) is 49.0 Å². The van der Waals surface area contributed by atoms with E-state index >= 15 is 0 Å². The molecule has 1 heterocycles. The summed E-state index contributed by atoms with van der Waals surface area (Å²) >= 11 is 0. The molecule has 2 aliphatic rings. The topological polar surface area (TPSA) is 68.0 Å². The monoisotopic (exact) mass is 281 g/mol. The number of hydrogen-bond acceptors (Lipinski definition) is 3. The molecule has 0 saturated heterocycles. The van der Waals surface area contributed by atoms with Crippen LogP contribution in [-0.2, 0) is 4.79 Å². The third-order valence-corrected chi connectivity index (χ3v) is 3.94. The Morgan fingerprint density at radius 1 is 1.24 bits per heavy atom. The second kappa shape index (κ2) is 5.95. The minimum absolute atomic E-state index is 0.0215. The molecule has 108 valence electrons. The molecule has 1 atom stereocenters. The number of fused-ring (bicyclic) bond motifs is 1. The quantitative estimate of drug-likeness (QED) is 0.875. The fourth-order valence-corrected chi connectivity index (χ4v) is 2.79. The van der Waals surface area contributed by atoms with Crippen molar-refractivity contribution in [3.05, 3.63) is 59.6 Å². The molecule has 4 nitrogen and oxygen atoms in total. The first-order chi connectivity index (χ1) is 10.2. The van der Waals surface area contributed by atoms with Crippen molar-refractivity contribution in [1.82, 2.24) is 4.98 Å². The van der Waals surface area contributed by atoms with E-state index in [2.05, 4.69) is 10.3 Å². The molecule has 0 saturated carbocycles. The predicted octanol–water partition coefficient (Wildman–Crippen LogP) is 2.92. The number of nitrogens with two attached hydrogens (primary N) is 1. The third-order valence-electron chi connectivity index (χ3n) is 3.94. The Morgan fingerprint density at radius 2 is 2.00 bits per heavy atom. The van der Waals surface area contributed by atoms with Gasteiger partial charge < -0.3 is 11.1 Å². The first kappa shape index (κ1) is 13.6. The van der Waals surface area contributed by atoms with Crippen LogP contribution in [0.4, 0.5) is 5.69 Å². The van der Waals surface area contributed by atoms with Gasteiger partial charge >= 0.3 is 0 Å². The highest BCUT2D eigenvalue weighted by molar-refractivity contribution is 5.95. The molecule has 3 N–H and O–H groups in total. The maximum Gasteiger partial charge on any atom is 0.235 e. The van der Waals surface area contributed by atoms with Crippen molar-refractivity contribution in [3.63, 3.8) is 0 Å². The molecular formula is C17H19N3O. The standard InChI is InChI=1S/C17H19N3O/c18-16-4-2-1-3-12-11-13(5-6-15(12)16)17(21)20-14-7-9-19-10-8-14/h5-11,13H,1-4,18H2,(H,19,20,21)/t13-/m0/s1. The van der Waals surface area contributed by atoms with Crippen molar-refractivity contribution in [2.24, 2.45) is 11.7 Å². The van der Waals surface area contributed by atoms with E-state index in [0.29, 0.717) is 0 Å². The van der Waals surface area contributed by atoms with Crippen LogP contribution in [0.15, 0.2) is 59.6 Å². The number of amides is 1. The number of anilines is 1. The Morgan fingerprint density at radius 3 is 2.81 bits per heavy atom. The summed E-state index contributed by atoms with van der Waals surface area (Å²) in [4.78, 5) is 16.3. The number of nitrogens with zero attached hydrogens (tertiary/aromatic N) is 1. The van der Waals surface area contributed by atoms with Crippen LogP contribution in [0.5, 0.6) is 0 Å². The zero-order chi connectivity index (χ0) is 14.7. The molecule has 1 aromatic heterocycles. The lowest BCUT2D eigenvalue weighted by molar-refractivity contribution is -0.117. The Bertz CT molecular complexity index is 629. The number of hydrogen-bond donors (Lipinski definition) is 2. The molecule has 0 fully saturated rings. The van der Waals surface area contributed by atoms with Crippen LogP contribution in [-0.4, -0.2) is 10.9 Å². The lowest BCUT2D eigenvalue weighted by Gasteiger charge is -2.18. The van der Waals surface area contributed by atoms with E-state index in [4.69, 9.17) is 5.73 Å². The molecule has 0 spiro atoms. The highest BCUT2D eigenvalue weighted by Gasteiger charge is 2.21. The van der Waals surface area contributed by atoms with Crippen LogP contribution >= 0.6 is 0 Å². The number of pyridine rings is 1. The number of carbonyl (C=O) groups is 1. The van der Waals surface area contributed by atoms with Crippen molar-refractivity contribution >= 4 is 11.6 Å². The Labute approximate surface area is 124 Å². The van der Waals surface area contributed by atoms with E-state index in [1.54, 1.807) is 24.5 Å². The average molecular weight is 281 g/mol. The molecule has 0 radical (unpaired) electrons. The summed E-state index contributed by atoms with van der Waals surface area (Å²) in [5, 5.41) is 2.91. The summed E-state index contributed by atoms with van der Waals surface area (Å²) in [6, 6.07) is 3.57. The zero-order valence-corrected chi connectivity index (χ0v) is 11.9. The molecule has 0 aromatic carbocycles. The van der Waals surface area contributed by atoms with Gasteiger partial charge in [-0.3, -0.25) is 9.78 Å². The molecule has 3 rings (SSSR count). The van der Waals surface area contributed by atoms with Crippen LogP contribution in [0.1, 0.15) is 25.7 Å². The summed E-state index contributed by atoms with van der Waals surface area (Å²) in [5.74, 6) is -0.255. The van der Waals surface area contributed by atoms with Crippen molar-refractivity contribution in [2.45, 2.75) is 25.7 Å². The minimum atomic E-state index is -0.234. The van der Waals surface area contributed by atoms with Crippen LogP contribution in [0.2, 0.25) is 0 Å². The van der Waals surface area contributed by atoms with Gasteiger partial charge in [-0.25, -0.2) is 0 Å². The number of nitrogens with one attached hydrogen (secondary N) is 1. The average Bonchev–Trinajstić information content (AvgIpc) is 2.70. The maximum absolute atomic E-state index is 12.3. The summed E-state index contributed by atoms with van der Waals surface area (Å²) in [6.07, 6.45) is 13.5. The molecule has 0 bridgehead atoms. The van der Waals surface area contributed by atoms with E-state index in [1.165, 1.54) is 5.57 Å². The molecule has 0 aliphatic heterocycles. The second-order valence-corrected chi connectivity index (χ2v) is 5.45. The van der Waals surface area contributed by atoms with Gasteiger partial charge in [-0.15, -0.1) is 0 Å². The summed E-state index contributed by atoms with van der Waals surface area (Å²) in [7, 11) is 0. The first-order valence-electron chi connectivity index (χ1n) is 7.33. The van der Waals surface area contributed by atoms with Crippen molar-refractivity contribution in [3.8, 4) is 0 Å². The van der Waals surface area contributed by atoms with Crippen LogP contribution in [0.25, 0.3) is 0 Å². The molecular weight excluding hydrogens is 262 g/mol. The number of allylic oxidation sites excluding steroid dienone is 4. The Hall–Kier alpha value is -2.36. The Kier molecular flexibility index (Phi) is 3.86. The highest BCUT2D eigenvalue weighted by Crippen LogP contribution is 2.32. The predicted molar refractivity (Wildman–Crippen MR) is 83.3 cm³/mol. The largest absolute Gasteiger partial charge is 0.402 e. The molecule has 21 heavy (non-hydrogen) atoms. The molecule has 1 amide bonds. The normalized spacial score (nSPS) is 21.3. The van der Waals surface area contributed by atoms with E-state index in [-0.39, 0.29) is 11.8 Å². The van der Waals surface area contributed by atoms with Crippen molar-refractivity contribution in [2.75, 3.05) is 5.32 Å². The van der Waals surface area contributed by atoms with Gasteiger partial charge in [0.05, 0.1) is 5.92 Å². The van der Waals surface area contributed by atoms with E-state index in [1.807, 2.05) is 18.2 Å². The maximum atomic E-state index is 12.3. The van der Waals surface area contributed by atoms with E-state index in [9.17, 15) is 4.79 Å². The summed E-state index contributed by atoms with van der Waals surface area (Å²) in [6.45, 7) is 0. The van der Waals surface area contributed by atoms with Crippen molar-refractivity contribution in [1.29, 1.82) is 0 Å². The molecule has 0 unspecified atom stereocenters. The van der Waals surface area contributed by atoms with Gasteiger partial charge in [0.25, 0.3) is 0 Å². The van der Waals surface area contributed by atoms with Crippen LogP contribution in [0.3, 0.4) is 0 Å². The fraction of sp³-hybridized carbons (Fsp3) is 0.294. The SMILES string of the molecule is NC1=C2C=C[C@H](C(=O)Nc3ccncc3)C=C2CCCC1. The minimum Gasteiger partial charge on any atom is -0.402 e. The van der Waals surface area contributed by atoms with E-state index in [0.717, 1.165) is 42.6 Å². The zero-order valence-electron chi connectivity index (χ0n) is 11.9. The number of carbonyl (C=O) groups excluding carboxylic acids is 1. The van der Waals surface area contributed by atoms with Crippen LogP contribution in [0, 0.1) is 5.92 Å². The van der Waals surface area contributed by atoms with Crippen LogP contribution < -0.4 is 11.1 Å². The third kappa shape index (κ3) is 3.05. The van der Waals surface area contributed by atoms with Gasteiger partial charge in [0.15, 0.2) is 0 Å². The second-order valence-electron chi connectivity index (χ2n) is 5.45. The highest BCUT2D eigenvalue weighted by atomic mass is 16.1. The molecule has 1 aromatic rings. The number of aromatic nitrogens is 1. The fourth-order valence-electron chi connectivity index (χ4n) is 2.79. The number of rotatable bonds is 2. The van der Waals surface area contributed by atoms with Gasteiger partial charge in [-0.1, -0.05) is 18.2 Å². The summed E-state index contributed by atoms with van der Waals surface area (Å²) < 4.78 is 0. The molecule has 4 heteroatoms. The summed E-state index contributed by atoms with van der Waals surface area (Å²) in [5.41, 5.74) is 10.2. The van der Waals surface area contributed by atoms with Crippen molar-refractivity contribution < 1.29 is 4.79 Å². The molecule has 2 aliphatic carbocycles. The van der Waals surface area contributed by atoms with Gasteiger partial charge in [0, 0.05) is 23.8 Å². The van der Waals surface area contributed by atoms with Gasteiger partial charge in [-0.2, -0.15) is 0 Å². The lowest BCUT2D eigenvalue weighted by Crippen LogP contribution is -2.22. The smallest absolute Gasteiger partial charge is 0.235 e. The Balaban J connectivity index is 1.77. The van der Waals surface area contributed by atoms with Gasteiger partial charge in [0.2, 0.25) is 5.91 Å². The lowest BCUT2D eigenvalue weighted by atomic mass is 9.90. The van der Waals surface area contributed by atoms with Gasteiger partial charge in [0.1, 0.15) is 0 Å². The first-order valence-corrected chi connectivity index (χ1v) is 7.33. The van der Waals surface area contributed by atoms with E-state index < -0.39 is 0 Å².